The molecule has 0 bridgehead atoms. The number of nitrogens with zero attached hydrogens (tertiary/aromatic N) is 1. The lowest BCUT2D eigenvalue weighted by Crippen LogP contribution is -2.01. The summed E-state index contributed by atoms with van der Waals surface area (Å²) in [5.41, 5.74) is 2.11. The van der Waals surface area contributed by atoms with Crippen molar-refractivity contribution >= 4 is 11.9 Å². The SMILES string of the molecule is CCOC(=O)CC#Cc1ccc(-c2cc(C(=O)O)[nH]n2)cc1. The maximum atomic E-state index is 11.1. The van der Waals surface area contributed by atoms with Crippen molar-refractivity contribution in [2.75, 3.05) is 6.61 Å². The lowest BCUT2D eigenvalue weighted by Gasteiger charge is -1.96. The van der Waals surface area contributed by atoms with Gasteiger partial charge >= 0.3 is 11.9 Å². The van der Waals surface area contributed by atoms with Gasteiger partial charge in [0.15, 0.2) is 0 Å². The lowest BCUT2D eigenvalue weighted by molar-refractivity contribution is -0.141. The van der Waals surface area contributed by atoms with E-state index >= 15 is 0 Å². The van der Waals surface area contributed by atoms with E-state index in [4.69, 9.17) is 9.84 Å². The first-order chi connectivity index (χ1) is 10.6. The molecule has 0 atom stereocenters. The number of hydrogen-bond acceptors (Lipinski definition) is 4. The van der Waals surface area contributed by atoms with Crippen molar-refractivity contribution < 1.29 is 19.4 Å². The number of esters is 1. The van der Waals surface area contributed by atoms with Gasteiger partial charge in [0.05, 0.1) is 12.3 Å². The van der Waals surface area contributed by atoms with Gasteiger partial charge in [0.1, 0.15) is 12.1 Å². The lowest BCUT2D eigenvalue weighted by atomic mass is 10.1. The molecule has 0 saturated carbocycles. The Morgan fingerprint density at radius 1 is 1.32 bits per heavy atom. The Morgan fingerprint density at radius 3 is 2.64 bits per heavy atom. The summed E-state index contributed by atoms with van der Waals surface area (Å²) in [4.78, 5) is 21.9. The third kappa shape index (κ3) is 3.96. The van der Waals surface area contributed by atoms with Gasteiger partial charge in [-0.1, -0.05) is 24.0 Å². The number of hydrogen-bond donors (Lipinski definition) is 2. The highest BCUT2D eigenvalue weighted by Gasteiger charge is 2.08. The van der Waals surface area contributed by atoms with Crippen molar-refractivity contribution in [2.45, 2.75) is 13.3 Å². The molecule has 2 rings (SSSR count). The quantitative estimate of drug-likeness (QED) is 0.666. The van der Waals surface area contributed by atoms with Gasteiger partial charge in [-0.2, -0.15) is 5.10 Å². The molecule has 6 heteroatoms. The molecule has 0 radical (unpaired) electrons. The molecule has 0 aliphatic carbocycles. The van der Waals surface area contributed by atoms with Crippen LogP contribution in [0.5, 0.6) is 0 Å². The van der Waals surface area contributed by atoms with E-state index in [-0.39, 0.29) is 18.1 Å². The number of carboxylic acids is 1. The number of H-pyrrole nitrogens is 1. The second kappa shape index (κ2) is 7.09. The summed E-state index contributed by atoms with van der Waals surface area (Å²) in [5, 5.41) is 15.2. The van der Waals surface area contributed by atoms with E-state index < -0.39 is 5.97 Å². The molecule has 0 aliphatic heterocycles. The fourth-order valence-corrected chi connectivity index (χ4v) is 1.73. The Labute approximate surface area is 127 Å². The zero-order valence-electron chi connectivity index (χ0n) is 11.9. The highest BCUT2D eigenvalue weighted by Crippen LogP contribution is 2.18. The molecule has 0 amide bonds. The summed E-state index contributed by atoms with van der Waals surface area (Å²) in [6, 6.07) is 8.60. The van der Waals surface area contributed by atoms with Crippen LogP contribution in [0.2, 0.25) is 0 Å². The predicted molar refractivity (Wildman–Crippen MR) is 79.1 cm³/mol. The fourth-order valence-electron chi connectivity index (χ4n) is 1.73. The third-order valence-corrected chi connectivity index (χ3v) is 2.76. The monoisotopic (exact) mass is 298 g/mol. The second-order valence-corrected chi connectivity index (χ2v) is 4.33. The van der Waals surface area contributed by atoms with Crippen LogP contribution in [-0.2, 0) is 9.53 Å². The van der Waals surface area contributed by atoms with Crippen molar-refractivity contribution in [1.29, 1.82) is 0 Å². The van der Waals surface area contributed by atoms with Crippen molar-refractivity contribution in [3.63, 3.8) is 0 Å². The molecule has 0 fully saturated rings. The van der Waals surface area contributed by atoms with E-state index in [1.165, 1.54) is 6.07 Å². The van der Waals surface area contributed by atoms with Crippen LogP contribution in [-0.4, -0.2) is 33.8 Å². The number of aromatic amines is 1. The van der Waals surface area contributed by atoms with E-state index in [0.29, 0.717) is 12.3 Å². The predicted octanol–water partition coefficient (Wildman–Crippen LogP) is 2.08. The zero-order valence-corrected chi connectivity index (χ0v) is 11.9. The van der Waals surface area contributed by atoms with Crippen molar-refractivity contribution in [3.05, 3.63) is 41.6 Å². The first kappa shape index (κ1) is 15.3. The summed E-state index contributed by atoms with van der Waals surface area (Å²) in [5.74, 6) is 4.20. The molecule has 2 N–H and O–H groups in total. The Kier molecular flexibility index (Phi) is 4.94. The highest BCUT2D eigenvalue weighted by molar-refractivity contribution is 5.86. The van der Waals surface area contributed by atoms with Gasteiger partial charge < -0.3 is 9.84 Å². The second-order valence-electron chi connectivity index (χ2n) is 4.33. The summed E-state index contributed by atoms with van der Waals surface area (Å²) in [7, 11) is 0. The maximum Gasteiger partial charge on any atom is 0.353 e. The highest BCUT2D eigenvalue weighted by atomic mass is 16.5. The molecule has 2 aromatic rings. The van der Waals surface area contributed by atoms with Crippen LogP contribution in [0.25, 0.3) is 11.3 Å². The molecule has 1 aromatic heterocycles. The Bertz CT molecular complexity index is 735. The van der Waals surface area contributed by atoms with Crippen molar-refractivity contribution in [1.82, 2.24) is 10.2 Å². The molecular weight excluding hydrogens is 284 g/mol. The number of aromatic carboxylic acids is 1. The number of aromatic nitrogens is 2. The smallest absolute Gasteiger partial charge is 0.353 e. The van der Waals surface area contributed by atoms with Gasteiger partial charge in [0, 0.05) is 11.1 Å². The number of carboxylic acid groups (broad SMARTS) is 1. The Hall–Kier alpha value is -3.07. The minimum Gasteiger partial charge on any atom is -0.477 e. The van der Waals surface area contributed by atoms with Gasteiger partial charge in [-0.05, 0) is 25.1 Å². The van der Waals surface area contributed by atoms with Gasteiger partial charge in [-0.15, -0.1) is 0 Å². The van der Waals surface area contributed by atoms with E-state index in [2.05, 4.69) is 22.0 Å². The molecule has 0 spiro atoms. The molecule has 6 nitrogen and oxygen atoms in total. The van der Waals surface area contributed by atoms with E-state index in [9.17, 15) is 9.59 Å². The van der Waals surface area contributed by atoms with E-state index in [1.54, 1.807) is 31.2 Å². The molecular formula is C16H14N2O4. The maximum absolute atomic E-state index is 11.1. The van der Waals surface area contributed by atoms with Gasteiger partial charge in [0.25, 0.3) is 0 Å². The minimum atomic E-state index is -1.06. The van der Waals surface area contributed by atoms with Crippen LogP contribution >= 0.6 is 0 Å². The van der Waals surface area contributed by atoms with Gasteiger partial charge in [0.2, 0.25) is 0 Å². The van der Waals surface area contributed by atoms with Crippen molar-refractivity contribution in [3.8, 4) is 23.1 Å². The number of nitrogens with one attached hydrogen (secondary N) is 1. The Balaban J connectivity index is 2.05. The average molecular weight is 298 g/mol. The van der Waals surface area contributed by atoms with Crippen LogP contribution in [0.15, 0.2) is 30.3 Å². The molecule has 1 heterocycles. The first-order valence-electron chi connectivity index (χ1n) is 6.63. The number of ether oxygens (including phenoxy) is 1. The topological polar surface area (TPSA) is 92.3 Å². The summed E-state index contributed by atoms with van der Waals surface area (Å²) < 4.78 is 4.78. The zero-order chi connectivity index (χ0) is 15.9. The summed E-state index contributed by atoms with van der Waals surface area (Å²) in [6.45, 7) is 2.09. The third-order valence-electron chi connectivity index (χ3n) is 2.76. The number of benzene rings is 1. The standard InChI is InChI=1S/C16H14N2O4/c1-2-22-15(19)5-3-4-11-6-8-12(9-7-11)13-10-14(16(20)21)18-17-13/h6-10H,2,5H2,1H3,(H,17,18)(H,20,21). The first-order valence-corrected chi connectivity index (χ1v) is 6.63. The summed E-state index contributed by atoms with van der Waals surface area (Å²) >= 11 is 0. The molecule has 0 unspecified atom stereocenters. The van der Waals surface area contributed by atoms with Gasteiger partial charge in [-0.25, -0.2) is 4.79 Å². The molecule has 1 aromatic carbocycles. The molecule has 0 aliphatic rings. The fraction of sp³-hybridized carbons (Fsp3) is 0.188. The largest absolute Gasteiger partial charge is 0.477 e. The minimum absolute atomic E-state index is 0.0355. The number of rotatable bonds is 4. The van der Waals surface area contributed by atoms with Crippen molar-refractivity contribution in [2.24, 2.45) is 0 Å². The Morgan fingerprint density at radius 2 is 2.05 bits per heavy atom. The number of carbonyl (C=O) groups is 2. The van der Waals surface area contributed by atoms with Crippen LogP contribution in [0.4, 0.5) is 0 Å². The average Bonchev–Trinajstić information content (AvgIpc) is 2.98. The number of carbonyl (C=O) groups excluding carboxylic acids is 1. The molecule has 112 valence electrons. The van der Waals surface area contributed by atoms with E-state index in [1.807, 2.05) is 0 Å². The molecule has 0 saturated heterocycles. The van der Waals surface area contributed by atoms with Crippen LogP contribution < -0.4 is 0 Å². The normalized spacial score (nSPS) is 9.68. The molecule has 22 heavy (non-hydrogen) atoms. The van der Waals surface area contributed by atoms with Crippen LogP contribution in [0.3, 0.4) is 0 Å². The van der Waals surface area contributed by atoms with Crippen LogP contribution in [0.1, 0.15) is 29.4 Å². The van der Waals surface area contributed by atoms with Gasteiger partial charge in [-0.3, -0.25) is 9.89 Å². The summed E-state index contributed by atoms with van der Waals surface area (Å²) in [6.07, 6.45) is 0.0525. The van der Waals surface area contributed by atoms with Crippen LogP contribution in [0, 0.1) is 11.8 Å². The van der Waals surface area contributed by atoms with E-state index in [0.717, 1.165) is 11.1 Å².